The van der Waals surface area contributed by atoms with Gasteiger partial charge >= 0.3 is 0 Å². The zero-order valence-electron chi connectivity index (χ0n) is 12.1. The van der Waals surface area contributed by atoms with Crippen molar-refractivity contribution in [3.05, 3.63) is 35.9 Å². The highest BCUT2D eigenvalue weighted by Gasteiger charge is 2.26. The van der Waals surface area contributed by atoms with Gasteiger partial charge in [-0.15, -0.1) is 0 Å². The number of likely N-dealkylation sites (N-methyl/N-ethyl adjacent to an activating group) is 1. The highest BCUT2D eigenvalue weighted by atomic mass is 16.2. The van der Waals surface area contributed by atoms with Gasteiger partial charge in [-0.3, -0.25) is 19.9 Å². The lowest BCUT2D eigenvalue weighted by Gasteiger charge is -2.28. The molecule has 0 bridgehead atoms. The molecule has 6 heteroatoms. The number of hydrogen-bond acceptors (Lipinski definition) is 4. The highest BCUT2D eigenvalue weighted by molar-refractivity contribution is 5.83. The summed E-state index contributed by atoms with van der Waals surface area (Å²) in [4.78, 5) is 25.4. The lowest BCUT2D eigenvalue weighted by molar-refractivity contribution is -0.129. The quantitative estimate of drug-likeness (QED) is 0.389. The van der Waals surface area contributed by atoms with Gasteiger partial charge in [-0.2, -0.15) is 0 Å². The summed E-state index contributed by atoms with van der Waals surface area (Å²) in [5.74, 6) is 4.68. The van der Waals surface area contributed by atoms with Crippen LogP contribution in [0.5, 0.6) is 0 Å². The average Bonchev–Trinajstić information content (AvgIpc) is 2.47. The van der Waals surface area contributed by atoms with Gasteiger partial charge in [0.2, 0.25) is 5.91 Å². The van der Waals surface area contributed by atoms with Gasteiger partial charge in [0.1, 0.15) is 6.04 Å². The number of benzene rings is 1. The molecule has 4 N–H and O–H groups in total. The fourth-order valence-electron chi connectivity index (χ4n) is 2.19. The van der Waals surface area contributed by atoms with Crippen molar-refractivity contribution in [2.45, 2.75) is 13.0 Å². The third-order valence-electron chi connectivity index (χ3n) is 3.20. The molecular formula is C14H22N4O2. The first-order valence-corrected chi connectivity index (χ1v) is 6.48. The number of nitrogens with one attached hydrogen (secondary N) is 2. The van der Waals surface area contributed by atoms with Gasteiger partial charge in [0, 0.05) is 19.5 Å². The number of carbonyl (C=O) groups is 2. The molecule has 1 aromatic carbocycles. The summed E-state index contributed by atoms with van der Waals surface area (Å²) in [6.45, 7) is 2.27. The molecule has 0 radical (unpaired) electrons. The van der Waals surface area contributed by atoms with Gasteiger partial charge in [0.15, 0.2) is 0 Å². The normalized spacial score (nSPS) is 13.7. The van der Waals surface area contributed by atoms with Gasteiger partial charge in [0.25, 0.3) is 5.91 Å². The van der Waals surface area contributed by atoms with E-state index in [0.29, 0.717) is 6.54 Å². The van der Waals surface area contributed by atoms with Crippen molar-refractivity contribution in [1.82, 2.24) is 15.6 Å². The van der Waals surface area contributed by atoms with E-state index in [9.17, 15) is 9.59 Å². The second kappa shape index (κ2) is 7.62. The molecule has 0 heterocycles. The minimum atomic E-state index is -0.520. The maximum atomic E-state index is 12.0. The molecule has 110 valence electrons. The average molecular weight is 278 g/mol. The summed E-state index contributed by atoms with van der Waals surface area (Å²) in [6.07, 6.45) is 0. The minimum absolute atomic E-state index is 0.0585. The van der Waals surface area contributed by atoms with Crippen LogP contribution in [0.3, 0.4) is 0 Å². The van der Waals surface area contributed by atoms with E-state index in [1.54, 1.807) is 14.1 Å². The molecule has 0 fully saturated rings. The fraction of sp³-hybridized carbons (Fsp3) is 0.429. The minimum Gasteiger partial charge on any atom is -0.359 e. The zero-order valence-corrected chi connectivity index (χ0v) is 12.1. The maximum Gasteiger partial charge on any atom is 0.255 e. The lowest BCUT2D eigenvalue weighted by Crippen LogP contribution is -2.44. The Labute approximate surface area is 119 Å². The van der Waals surface area contributed by atoms with E-state index in [1.807, 2.05) is 42.2 Å². The highest BCUT2D eigenvalue weighted by Crippen LogP contribution is 2.20. The largest absolute Gasteiger partial charge is 0.359 e. The van der Waals surface area contributed by atoms with E-state index >= 15 is 0 Å². The molecule has 0 aliphatic rings. The molecule has 1 aromatic rings. The summed E-state index contributed by atoms with van der Waals surface area (Å²) in [5.41, 5.74) is 3.01. The Balaban J connectivity index is 2.89. The number of rotatable bonds is 6. The molecule has 1 rings (SSSR count). The van der Waals surface area contributed by atoms with E-state index in [0.717, 1.165) is 5.56 Å². The first-order chi connectivity index (χ1) is 9.51. The van der Waals surface area contributed by atoms with Crippen molar-refractivity contribution in [3.63, 3.8) is 0 Å². The van der Waals surface area contributed by atoms with Gasteiger partial charge in [0.05, 0.1) is 0 Å². The molecule has 2 amide bonds. The third kappa shape index (κ3) is 4.04. The van der Waals surface area contributed by atoms with Crippen molar-refractivity contribution in [2.75, 3.05) is 20.6 Å². The van der Waals surface area contributed by atoms with Crippen LogP contribution in [-0.2, 0) is 9.59 Å². The van der Waals surface area contributed by atoms with Crippen molar-refractivity contribution in [2.24, 2.45) is 11.8 Å². The summed E-state index contributed by atoms with van der Waals surface area (Å²) < 4.78 is 0. The van der Waals surface area contributed by atoms with E-state index in [4.69, 9.17) is 5.84 Å². The lowest BCUT2D eigenvalue weighted by atomic mass is 10.0. The molecule has 0 aromatic heterocycles. The summed E-state index contributed by atoms with van der Waals surface area (Å²) in [6, 6.07) is 8.81. The van der Waals surface area contributed by atoms with Crippen LogP contribution in [0, 0.1) is 5.92 Å². The van der Waals surface area contributed by atoms with Crippen LogP contribution in [0.1, 0.15) is 18.5 Å². The summed E-state index contributed by atoms with van der Waals surface area (Å²) in [5, 5.41) is 2.60. The van der Waals surface area contributed by atoms with E-state index in [-0.39, 0.29) is 17.7 Å². The smallest absolute Gasteiger partial charge is 0.255 e. The Morgan fingerprint density at radius 3 is 2.35 bits per heavy atom. The Kier molecular flexibility index (Phi) is 6.14. The molecule has 0 aliphatic heterocycles. The summed E-state index contributed by atoms with van der Waals surface area (Å²) in [7, 11) is 3.40. The van der Waals surface area contributed by atoms with Crippen LogP contribution in [0.15, 0.2) is 30.3 Å². The molecule has 20 heavy (non-hydrogen) atoms. The molecule has 0 saturated carbocycles. The fourth-order valence-corrected chi connectivity index (χ4v) is 2.19. The molecule has 0 spiro atoms. The topological polar surface area (TPSA) is 87.5 Å². The van der Waals surface area contributed by atoms with E-state index in [1.165, 1.54) is 0 Å². The van der Waals surface area contributed by atoms with Gasteiger partial charge in [-0.25, -0.2) is 5.84 Å². The molecule has 6 nitrogen and oxygen atoms in total. The van der Waals surface area contributed by atoms with Crippen molar-refractivity contribution in [3.8, 4) is 0 Å². The Hall–Kier alpha value is -1.92. The number of carbonyl (C=O) groups excluding carboxylic acids is 2. The summed E-state index contributed by atoms with van der Waals surface area (Å²) >= 11 is 0. The van der Waals surface area contributed by atoms with Gasteiger partial charge in [-0.1, -0.05) is 37.3 Å². The number of hydrogen-bond donors (Lipinski definition) is 3. The SMILES string of the molecule is CNC(=O)C(C)CN(C)C(C(=O)NN)c1ccccc1. The molecule has 2 atom stereocenters. The van der Waals surface area contributed by atoms with Crippen LogP contribution >= 0.6 is 0 Å². The predicted octanol–water partition coefficient (Wildman–Crippen LogP) is 0.0315. The zero-order chi connectivity index (χ0) is 15.1. The van der Waals surface area contributed by atoms with Crippen molar-refractivity contribution in [1.29, 1.82) is 0 Å². The Bertz CT molecular complexity index is 450. The molecule has 0 aliphatic carbocycles. The van der Waals surface area contributed by atoms with Crippen LogP contribution in [0.25, 0.3) is 0 Å². The van der Waals surface area contributed by atoms with Gasteiger partial charge < -0.3 is 5.32 Å². The number of amides is 2. The third-order valence-corrected chi connectivity index (χ3v) is 3.20. The molecular weight excluding hydrogens is 256 g/mol. The molecule has 2 unspecified atom stereocenters. The van der Waals surface area contributed by atoms with Crippen LogP contribution < -0.4 is 16.6 Å². The first-order valence-electron chi connectivity index (χ1n) is 6.48. The molecule has 0 saturated heterocycles. The van der Waals surface area contributed by atoms with Crippen LogP contribution in [-0.4, -0.2) is 37.4 Å². The van der Waals surface area contributed by atoms with Crippen molar-refractivity contribution >= 4 is 11.8 Å². The van der Waals surface area contributed by atoms with Crippen LogP contribution in [0.2, 0.25) is 0 Å². The maximum absolute atomic E-state index is 12.0. The number of hydrazine groups is 1. The van der Waals surface area contributed by atoms with E-state index in [2.05, 4.69) is 10.7 Å². The Morgan fingerprint density at radius 1 is 1.25 bits per heavy atom. The van der Waals surface area contributed by atoms with E-state index < -0.39 is 6.04 Å². The monoisotopic (exact) mass is 278 g/mol. The standard InChI is InChI=1S/C14H22N4O2/c1-10(13(19)16-2)9-18(3)12(14(20)17-15)11-7-5-4-6-8-11/h4-8,10,12H,9,15H2,1-3H3,(H,16,19)(H,17,20). The first kappa shape index (κ1) is 16.1. The number of nitrogens with zero attached hydrogens (tertiary/aromatic N) is 1. The van der Waals surface area contributed by atoms with Crippen LogP contribution in [0.4, 0.5) is 0 Å². The van der Waals surface area contributed by atoms with Crippen molar-refractivity contribution < 1.29 is 9.59 Å². The Morgan fingerprint density at radius 2 is 1.85 bits per heavy atom. The van der Waals surface area contributed by atoms with Gasteiger partial charge in [-0.05, 0) is 12.6 Å². The predicted molar refractivity (Wildman–Crippen MR) is 77.4 cm³/mol. The number of nitrogens with two attached hydrogens (primary N) is 1. The second-order valence-corrected chi connectivity index (χ2v) is 4.78. The second-order valence-electron chi connectivity index (χ2n) is 4.78.